The highest BCUT2D eigenvalue weighted by atomic mass is 127. The maximum absolute atomic E-state index is 13.5. The Morgan fingerprint density at radius 3 is 2.67 bits per heavy atom. The molecule has 0 saturated heterocycles. The SMILES string of the molecule is CCNC(=NCc1cccc(OCCOC)c1)NCc1ccc(F)cc1CSC.I. The molecule has 0 aliphatic heterocycles. The van der Waals surface area contributed by atoms with E-state index >= 15 is 0 Å². The first-order chi connectivity index (χ1) is 14.2. The van der Waals surface area contributed by atoms with Crippen LogP contribution in [0.3, 0.4) is 0 Å². The fourth-order valence-corrected chi connectivity index (χ4v) is 3.30. The minimum atomic E-state index is -0.203. The summed E-state index contributed by atoms with van der Waals surface area (Å²) in [5.41, 5.74) is 3.13. The quantitative estimate of drug-likeness (QED) is 0.187. The van der Waals surface area contributed by atoms with Gasteiger partial charge in [0.2, 0.25) is 0 Å². The van der Waals surface area contributed by atoms with Gasteiger partial charge in [-0.25, -0.2) is 9.38 Å². The molecule has 0 radical (unpaired) electrons. The molecule has 0 aliphatic carbocycles. The molecular formula is C22H31FIN3O2S. The Morgan fingerprint density at radius 1 is 1.10 bits per heavy atom. The molecule has 0 saturated carbocycles. The van der Waals surface area contributed by atoms with Crippen LogP contribution in [-0.4, -0.2) is 39.1 Å². The summed E-state index contributed by atoms with van der Waals surface area (Å²) in [5.74, 6) is 2.10. The van der Waals surface area contributed by atoms with E-state index in [1.165, 1.54) is 6.07 Å². The molecule has 2 aromatic rings. The van der Waals surface area contributed by atoms with Gasteiger partial charge in [0.25, 0.3) is 0 Å². The van der Waals surface area contributed by atoms with Crippen molar-refractivity contribution in [3.05, 3.63) is 65.0 Å². The highest BCUT2D eigenvalue weighted by Crippen LogP contribution is 2.17. The van der Waals surface area contributed by atoms with E-state index in [9.17, 15) is 4.39 Å². The molecule has 5 nitrogen and oxygen atoms in total. The van der Waals surface area contributed by atoms with Crippen molar-refractivity contribution < 1.29 is 13.9 Å². The molecule has 0 amide bonds. The normalized spacial score (nSPS) is 11.0. The second kappa shape index (κ2) is 15.3. The van der Waals surface area contributed by atoms with Crippen molar-refractivity contribution in [1.82, 2.24) is 10.6 Å². The zero-order chi connectivity index (χ0) is 20.9. The first kappa shape index (κ1) is 26.5. The molecule has 0 unspecified atom stereocenters. The van der Waals surface area contributed by atoms with Gasteiger partial charge in [0.15, 0.2) is 5.96 Å². The van der Waals surface area contributed by atoms with Crippen molar-refractivity contribution in [3.8, 4) is 5.75 Å². The highest BCUT2D eigenvalue weighted by Gasteiger charge is 2.06. The van der Waals surface area contributed by atoms with Gasteiger partial charge < -0.3 is 20.1 Å². The second-order valence-corrected chi connectivity index (χ2v) is 7.25. The minimum absolute atomic E-state index is 0. The van der Waals surface area contributed by atoms with Crippen molar-refractivity contribution in [3.63, 3.8) is 0 Å². The fourth-order valence-electron chi connectivity index (χ4n) is 2.72. The summed E-state index contributed by atoms with van der Waals surface area (Å²) >= 11 is 1.68. The average Bonchev–Trinajstić information content (AvgIpc) is 2.72. The van der Waals surface area contributed by atoms with E-state index in [0.717, 1.165) is 40.7 Å². The summed E-state index contributed by atoms with van der Waals surface area (Å²) in [6.07, 6.45) is 2.01. The fraction of sp³-hybridized carbons (Fsp3) is 0.409. The van der Waals surface area contributed by atoms with Crippen molar-refractivity contribution in [2.45, 2.75) is 25.8 Å². The van der Waals surface area contributed by atoms with E-state index in [1.807, 2.05) is 43.5 Å². The van der Waals surface area contributed by atoms with Crippen LogP contribution in [0.5, 0.6) is 5.75 Å². The predicted molar refractivity (Wildman–Crippen MR) is 135 cm³/mol. The Balaban J connectivity index is 0.00000450. The topological polar surface area (TPSA) is 54.9 Å². The number of thioether (sulfide) groups is 1. The summed E-state index contributed by atoms with van der Waals surface area (Å²) < 4.78 is 24.2. The Morgan fingerprint density at radius 2 is 1.93 bits per heavy atom. The first-order valence-electron chi connectivity index (χ1n) is 9.65. The third kappa shape index (κ3) is 9.53. The number of halogens is 2. The average molecular weight is 547 g/mol. The Bertz CT molecular complexity index is 793. The second-order valence-electron chi connectivity index (χ2n) is 6.38. The van der Waals surface area contributed by atoms with Gasteiger partial charge in [-0.1, -0.05) is 18.2 Å². The molecule has 8 heteroatoms. The van der Waals surface area contributed by atoms with Gasteiger partial charge in [0, 0.05) is 26.0 Å². The number of aliphatic imine (C=N–C) groups is 1. The monoisotopic (exact) mass is 547 g/mol. The number of hydrogen-bond acceptors (Lipinski definition) is 4. The van der Waals surface area contributed by atoms with Gasteiger partial charge in [0.1, 0.15) is 18.2 Å². The van der Waals surface area contributed by atoms with Crippen LogP contribution in [0, 0.1) is 5.82 Å². The number of nitrogens with zero attached hydrogens (tertiary/aromatic N) is 1. The molecule has 0 spiro atoms. The van der Waals surface area contributed by atoms with Gasteiger partial charge in [-0.15, -0.1) is 24.0 Å². The van der Waals surface area contributed by atoms with Crippen LogP contribution in [0.4, 0.5) is 4.39 Å². The van der Waals surface area contributed by atoms with Gasteiger partial charge in [0.05, 0.1) is 13.2 Å². The molecule has 0 atom stereocenters. The Kier molecular flexibility index (Phi) is 13.5. The van der Waals surface area contributed by atoms with Crippen LogP contribution >= 0.6 is 35.7 Å². The van der Waals surface area contributed by atoms with Gasteiger partial charge in [-0.2, -0.15) is 11.8 Å². The van der Waals surface area contributed by atoms with Gasteiger partial charge in [-0.05, 0) is 54.1 Å². The van der Waals surface area contributed by atoms with Crippen LogP contribution < -0.4 is 15.4 Å². The summed E-state index contributed by atoms with van der Waals surface area (Å²) in [6.45, 7) is 4.97. The third-order valence-electron chi connectivity index (χ3n) is 4.13. The standard InChI is InChI=1S/C22H30FN3O2S.HI/c1-4-24-22(26-15-18-8-9-20(23)13-19(18)16-29-3)25-14-17-6-5-7-21(12-17)28-11-10-27-2;/h5-9,12-13H,4,10-11,14-16H2,1-3H3,(H2,24,25,26);1H. The van der Waals surface area contributed by atoms with E-state index in [-0.39, 0.29) is 29.8 Å². The number of rotatable bonds is 11. The highest BCUT2D eigenvalue weighted by molar-refractivity contribution is 14.0. The summed E-state index contributed by atoms with van der Waals surface area (Å²) in [5, 5.41) is 6.60. The maximum atomic E-state index is 13.5. The van der Waals surface area contributed by atoms with E-state index < -0.39 is 0 Å². The lowest BCUT2D eigenvalue weighted by Crippen LogP contribution is -2.37. The zero-order valence-corrected chi connectivity index (χ0v) is 20.9. The number of hydrogen-bond donors (Lipinski definition) is 2. The van der Waals surface area contributed by atoms with Crippen molar-refractivity contribution in [2.75, 3.05) is 33.1 Å². The minimum Gasteiger partial charge on any atom is -0.491 e. The van der Waals surface area contributed by atoms with Gasteiger partial charge in [-0.3, -0.25) is 0 Å². The molecule has 0 aliphatic rings. The molecule has 0 aromatic heterocycles. The van der Waals surface area contributed by atoms with Crippen molar-refractivity contribution in [2.24, 2.45) is 4.99 Å². The molecule has 2 aromatic carbocycles. The Labute approximate surface area is 200 Å². The largest absolute Gasteiger partial charge is 0.491 e. The third-order valence-corrected chi connectivity index (χ3v) is 4.73. The number of benzene rings is 2. The zero-order valence-electron chi connectivity index (χ0n) is 17.7. The molecule has 30 heavy (non-hydrogen) atoms. The summed E-state index contributed by atoms with van der Waals surface area (Å²) in [4.78, 5) is 4.66. The Hall–Kier alpha value is -1.52. The van der Waals surface area contributed by atoms with E-state index in [4.69, 9.17) is 9.47 Å². The lowest BCUT2D eigenvalue weighted by molar-refractivity contribution is 0.146. The predicted octanol–water partition coefficient (Wildman–Crippen LogP) is 4.59. The molecule has 2 N–H and O–H groups in total. The number of ether oxygens (including phenoxy) is 2. The number of methoxy groups -OCH3 is 1. The van der Waals surface area contributed by atoms with E-state index in [0.29, 0.717) is 26.3 Å². The van der Waals surface area contributed by atoms with Gasteiger partial charge >= 0.3 is 0 Å². The number of guanidine groups is 1. The van der Waals surface area contributed by atoms with Crippen molar-refractivity contribution >= 4 is 41.7 Å². The summed E-state index contributed by atoms with van der Waals surface area (Å²) in [7, 11) is 1.65. The van der Waals surface area contributed by atoms with Crippen LogP contribution in [0.25, 0.3) is 0 Å². The lowest BCUT2D eigenvalue weighted by Gasteiger charge is -2.14. The smallest absolute Gasteiger partial charge is 0.191 e. The molecule has 0 bridgehead atoms. The molecule has 166 valence electrons. The van der Waals surface area contributed by atoms with Crippen LogP contribution in [0.2, 0.25) is 0 Å². The molecule has 0 fully saturated rings. The van der Waals surface area contributed by atoms with E-state index in [1.54, 1.807) is 24.9 Å². The molecule has 2 rings (SSSR count). The van der Waals surface area contributed by atoms with Crippen LogP contribution in [-0.2, 0) is 23.6 Å². The maximum Gasteiger partial charge on any atom is 0.191 e. The van der Waals surface area contributed by atoms with E-state index in [2.05, 4.69) is 15.6 Å². The number of nitrogens with one attached hydrogen (secondary N) is 2. The molecular weight excluding hydrogens is 516 g/mol. The lowest BCUT2D eigenvalue weighted by atomic mass is 10.1. The first-order valence-corrected chi connectivity index (χ1v) is 11.0. The molecule has 0 heterocycles. The summed E-state index contributed by atoms with van der Waals surface area (Å²) in [6, 6.07) is 12.8. The van der Waals surface area contributed by atoms with Crippen LogP contribution in [0.1, 0.15) is 23.6 Å². The van der Waals surface area contributed by atoms with Crippen molar-refractivity contribution in [1.29, 1.82) is 0 Å². The van der Waals surface area contributed by atoms with Crippen LogP contribution in [0.15, 0.2) is 47.5 Å².